The van der Waals surface area contributed by atoms with Crippen LogP contribution in [0, 0.1) is 0 Å². The third-order valence-corrected chi connectivity index (χ3v) is 3.32. The van der Waals surface area contributed by atoms with Crippen molar-refractivity contribution in [3.05, 3.63) is 0 Å². The van der Waals surface area contributed by atoms with Crippen LogP contribution in [0.15, 0.2) is 0 Å². The van der Waals surface area contributed by atoms with E-state index in [-0.39, 0.29) is 0 Å². The van der Waals surface area contributed by atoms with Gasteiger partial charge in [-0.1, -0.05) is 13.8 Å². The molecule has 0 aliphatic carbocycles. The zero-order valence-electron chi connectivity index (χ0n) is 8.43. The molecule has 0 radical (unpaired) electrons. The van der Waals surface area contributed by atoms with Crippen LogP contribution in [0.1, 0.15) is 33.6 Å². The second-order valence-corrected chi connectivity index (χ2v) is 4.79. The molecule has 2 atom stereocenters. The molecule has 0 fully saturated rings. The molecule has 0 spiro atoms. The summed E-state index contributed by atoms with van der Waals surface area (Å²) in [5.74, 6) is 1.71. The Balaban J connectivity index is 3.33. The Kier molecular flexibility index (Phi) is 7.81. The van der Waals surface area contributed by atoms with Gasteiger partial charge in [0.05, 0.1) is 0 Å². The van der Waals surface area contributed by atoms with E-state index in [0.717, 1.165) is 30.9 Å². The second kappa shape index (κ2) is 7.74. The summed E-state index contributed by atoms with van der Waals surface area (Å²) in [4.78, 5) is 0. The first-order valence-corrected chi connectivity index (χ1v) is 6.27. The van der Waals surface area contributed by atoms with Gasteiger partial charge in [-0.2, -0.15) is 0 Å². The molecule has 0 aromatic carbocycles. The molecular formula is C9H21NOS. The van der Waals surface area contributed by atoms with Crippen LogP contribution in [0.3, 0.4) is 0 Å². The largest absolute Gasteiger partial charge is 0.315 e. The summed E-state index contributed by atoms with van der Waals surface area (Å²) >= 11 is 0. The Hall–Kier alpha value is 0.110. The predicted octanol–water partition coefficient (Wildman–Crippen LogP) is 1.53. The third kappa shape index (κ3) is 6.80. The molecule has 0 aromatic heterocycles. The minimum atomic E-state index is -0.584. The molecule has 0 amide bonds. The zero-order chi connectivity index (χ0) is 9.40. The summed E-state index contributed by atoms with van der Waals surface area (Å²) in [6.45, 7) is 7.32. The predicted molar refractivity (Wildman–Crippen MR) is 55.9 cm³/mol. The molecule has 12 heavy (non-hydrogen) atoms. The Morgan fingerprint density at radius 3 is 2.50 bits per heavy atom. The molecule has 0 saturated heterocycles. The van der Waals surface area contributed by atoms with E-state index in [9.17, 15) is 4.21 Å². The number of nitrogens with one attached hydrogen (secondary N) is 1. The van der Waals surface area contributed by atoms with Crippen molar-refractivity contribution in [3.8, 4) is 0 Å². The fraction of sp³-hybridized carbons (Fsp3) is 1.00. The normalized spacial score (nSPS) is 15.9. The topological polar surface area (TPSA) is 29.1 Å². The molecule has 0 saturated carbocycles. The molecule has 3 heteroatoms. The van der Waals surface area contributed by atoms with Crippen LogP contribution < -0.4 is 5.32 Å². The van der Waals surface area contributed by atoms with E-state index in [1.54, 1.807) is 0 Å². The maximum absolute atomic E-state index is 11.2. The van der Waals surface area contributed by atoms with Crippen molar-refractivity contribution >= 4 is 10.8 Å². The summed E-state index contributed by atoms with van der Waals surface area (Å²) < 4.78 is 11.2. The Morgan fingerprint density at radius 2 is 2.00 bits per heavy atom. The van der Waals surface area contributed by atoms with Crippen molar-refractivity contribution in [3.63, 3.8) is 0 Å². The molecule has 0 bridgehead atoms. The van der Waals surface area contributed by atoms with Crippen molar-refractivity contribution in [2.24, 2.45) is 0 Å². The Labute approximate surface area is 78.6 Å². The van der Waals surface area contributed by atoms with Gasteiger partial charge in [0, 0.05) is 28.3 Å². The first-order valence-electron chi connectivity index (χ1n) is 4.79. The highest BCUT2D eigenvalue weighted by Crippen LogP contribution is 1.95. The number of hydrogen-bond acceptors (Lipinski definition) is 2. The summed E-state index contributed by atoms with van der Waals surface area (Å²) in [6.07, 6.45) is 2.06. The fourth-order valence-electron chi connectivity index (χ4n) is 1.09. The van der Waals surface area contributed by atoms with Crippen molar-refractivity contribution < 1.29 is 4.21 Å². The zero-order valence-corrected chi connectivity index (χ0v) is 9.25. The van der Waals surface area contributed by atoms with E-state index in [1.807, 2.05) is 0 Å². The van der Waals surface area contributed by atoms with Gasteiger partial charge in [-0.05, 0) is 26.3 Å². The average molecular weight is 191 g/mol. The standard InChI is InChI=1S/C9H21NOS/c1-4-7-12(11)8-6-9(3)10-5-2/h9-10H,4-8H2,1-3H3. The van der Waals surface area contributed by atoms with Crippen molar-refractivity contribution in [1.29, 1.82) is 0 Å². The van der Waals surface area contributed by atoms with Crippen LogP contribution in [0.4, 0.5) is 0 Å². The van der Waals surface area contributed by atoms with Gasteiger partial charge in [0.1, 0.15) is 0 Å². The summed E-state index contributed by atoms with van der Waals surface area (Å²) in [6, 6.07) is 0.510. The molecule has 0 rings (SSSR count). The Morgan fingerprint density at radius 1 is 1.33 bits per heavy atom. The number of hydrogen-bond donors (Lipinski definition) is 1. The molecule has 1 N–H and O–H groups in total. The van der Waals surface area contributed by atoms with Crippen LogP contribution in [0.5, 0.6) is 0 Å². The smallest absolute Gasteiger partial charge is 0.0249 e. The summed E-state index contributed by atoms with van der Waals surface area (Å²) in [7, 11) is -0.584. The minimum Gasteiger partial charge on any atom is -0.315 e. The van der Waals surface area contributed by atoms with Gasteiger partial charge in [-0.15, -0.1) is 0 Å². The minimum absolute atomic E-state index is 0.510. The van der Waals surface area contributed by atoms with E-state index >= 15 is 0 Å². The highest BCUT2D eigenvalue weighted by Gasteiger charge is 2.02. The van der Waals surface area contributed by atoms with Crippen LogP contribution in [-0.2, 0) is 10.8 Å². The highest BCUT2D eigenvalue weighted by atomic mass is 32.2. The van der Waals surface area contributed by atoms with E-state index in [0.29, 0.717) is 6.04 Å². The summed E-state index contributed by atoms with van der Waals surface area (Å²) in [5.41, 5.74) is 0. The molecule has 74 valence electrons. The van der Waals surface area contributed by atoms with Crippen molar-refractivity contribution in [1.82, 2.24) is 5.32 Å². The molecule has 2 unspecified atom stereocenters. The molecule has 0 aliphatic heterocycles. The SMILES string of the molecule is CCCS(=O)CCC(C)NCC. The lowest BCUT2D eigenvalue weighted by molar-refractivity contribution is 0.553. The lowest BCUT2D eigenvalue weighted by Crippen LogP contribution is -2.27. The number of rotatable bonds is 7. The van der Waals surface area contributed by atoms with Gasteiger partial charge < -0.3 is 5.32 Å². The van der Waals surface area contributed by atoms with Gasteiger partial charge in [-0.3, -0.25) is 4.21 Å². The van der Waals surface area contributed by atoms with Crippen molar-refractivity contribution in [2.75, 3.05) is 18.1 Å². The lowest BCUT2D eigenvalue weighted by atomic mass is 10.3. The lowest BCUT2D eigenvalue weighted by Gasteiger charge is -2.10. The van der Waals surface area contributed by atoms with E-state index < -0.39 is 10.8 Å². The average Bonchev–Trinajstić information content (AvgIpc) is 2.02. The van der Waals surface area contributed by atoms with Gasteiger partial charge in [-0.25, -0.2) is 0 Å². The fourth-order valence-corrected chi connectivity index (χ4v) is 2.36. The Bertz CT molecular complexity index is 128. The molecule has 2 nitrogen and oxygen atoms in total. The quantitative estimate of drug-likeness (QED) is 0.661. The van der Waals surface area contributed by atoms with Gasteiger partial charge in [0.15, 0.2) is 0 Å². The highest BCUT2D eigenvalue weighted by molar-refractivity contribution is 7.84. The van der Waals surface area contributed by atoms with Crippen LogP contribution in [-0.4, -0.2) is 28.3 Å². The van der Waals surface area contributed by atoms with Gasteiger partial charge >= 0.3 is 0 Å². The van der Waals surface area contributed by atoms with Crippen LogP contribution in [0.2, 0.25) is 0 Å². The van der Waals surface area contributed by atoms with Gasteiger partial charge in [0.25, 0.3) is 0 Å². The summed E-state index contributed by atoms with van der Waals surface area (Å²) in [5, 5.41) is 3.31. The third-order valence-electron chi connectivity index (χ3n) is 1.76. The van der Waals surface area contributed by atoms with Crippen molar-refractivity contribution in [2.45, 2.75) is 39.7 Å². The first-order chi connectivity index (χ1) is 5.70. The molecular weight excluding hydrogens is 170 g/mol. The second-order valence-electron chi connectivity index (χ2n) is 3.10. The van der Waals surface area contributed by atoms with Gasteiger partial charge in [0.2, 0.25) is 0 Å². The molecule has 0 aliphatic rings. The van der Waals surface area contributed by atoms with E-state index in [4.69, 9.17) is 0 Å². The van der Waals surface area contributed by atoms with E-state index in [1.165, 1.54) is 0 Å². The maximum Gasteiger partial charge on any atom is 0.0249 e. The van der Waals surface area contributed by atoms with E-state index in [2.05, 4.69) is 26.1 Å². The monoisotopic (exact) mass is 191 g/mol. The van der Waals surface area contributed by atoms with Crippen LogP contribution >= 0.6 is 0 Å². The first kappa shape index (κ1) is 12.1. The van der Waals surface area contributed by atoms with Crippen LogP contribution in [0.25, 0.3) is 0 Å². The molecule has 0 heterocycles. The molecule has 0 aromatic rings. The maximum atomic E-state index is 11.2.